The molecule has 0 saturated heterocycles. The van der Waals surface area contributed by atoms with E-state index in [9.17, 15) is 18.7 Å². The van der Waals surface area contributed by atoms with Gasteiger partial charge in [0.25, 0.3) is 0 Å². The molecule has 0 spiro atoms. The summed E-state index contributed by atoms with van der Waals surface area (Å²) in [4.78, 5) is 21.5. The number of pyridine rings is 1. The Morgan fingerprint density at radius 1 is 1.12 bits per heavy atom. The Morgan fingerprint density at radius 2 is 1.91 bits per heavy atom. The van der Waals surface area contributed by atoms with E-state index in [1.165, 1.54) is 6.07 Å². The summed E-state index contributed by atoms with van der Waals surface area (Å²) < 4.78 is 28.8. The third-order valence-corrected chi connectivity index (χ3v) is 5.53. The summed E-state index contributed by atoms with van der Waals surface area (Å²) in [6.07, 6.45) is 2.04. The number of benzene rings is 2. The summed E-state index contributed by atoms with van der Waals surface area (Å²) in [6, 6.07) is 13.6. The number of aliphatic hydroxyl groups excluding tert-OH is 1. The van der Waals surface area contributed by atoms with Gasteiger partial charge in [-0.25, -0.2) is 18.7 Å². The molecule has 4 rings (SSSR count). The van der Waals surface area contributed by atoms with Gasteiger partial charge in [-0.2, -0.15) is 0 Å². The van der Waals surface area contributed by atoms with Crippen molar-refractivity contribution in [3.63, 3.8) is 0 Å². The molecule has 0 saturated carbocycles. The lowest BCUT2D eigenvalue weighted by Crippen LogP contribution is -2.31. The fourth-order valence-corrected chi connectivity index (χ4v) is 3.73. The van der Waals surface area contributed by atoms with E-state index < -0.39 is 17.7 Å². The SMILES string of the molecule is O=C(CCc1nc2cccnc2n1Cc1ccc(F)c(F)c1)NC(CO)c1ccc(Cl)cc1. The summed E-state index contributed by atoms with van der Waals surface area (Å²) in [5, 5.41) is 13.1. The molecule has 0 aliphatic rings. The molecular weight excluding hydrogens is 450 g/mol. The van der Waals surface area contributed by atoms with Gasteiger partial charge in [0.15, 0.2) is 17.3 Å². The van der Waals surface area contributed by atoms with Crippen LogP contribution in [0, 0.1) is 11.6 Å². The van der Waals surface area contributed by atoms with E-state index in [1.807, 2.05) is 0 Å². The molecule has 2 heterocycles. The van der Waals surface area contributed by atoms with Crippen LogP contribution in [0.2, 0.25) is 5.02 Å². The minimum Gasteiger partial charge on any atom is -0.394 e. The van der Waals surface area contributed by atoms with Gasteiger partial charge in [0.2, 0.25) is 5.91 Å². The third kappa shape index (κ3) is 5.35. The lowest BCUT2D eigenvalue weighted by molar-refractivity contribution is -0.122. The van der Waals surface area contributed by atoms with E-state index in [0.717, 1.165) is 17.7 Å². The van der Waals surface area contributed by atoms with Crippen molar-refractivity contribution in [1.82, 2.24) is 19.9 Å². The predicted octanol–water partition coefficient (Wildman–Crippen LogP) is 4.19. The van der Waals surface area contributed by atoms with Crippen LogP contribution in [0.1, 0.15) is 29.4 Å². The van der Waals surface area contributed by atoms with Gasteiger partial charge >= 0.3 is 0 Å². The second-order valence-corrected chi connectivity index (χ2v) is 8.00. The van der Waals surface area contributed by atoms with Crippen molar-refractivity contribution in [3.8, 4) is 0 Å². The molecule has 0 aliphatic heterocycles. The second kappa shape index (κ2) is 10.1. The minimum absolute atomic E-state index is 0.116. The molecule has 170 valence electrons. The van der Waals surface area contributed by atoms with E-state index in [2.05, 4.69) is 15.3 Å². The molecule has 0 aliphatic carbocycles. The number of carbonyl (C=O) groups is 1. The monoisotopic (exact) mass is 470 g/mol. The zero-order chi connectivity index (χ0) is 23.4. The lowest BCUT2D eigenvalue weighted by Gasteiger charge is -2.17. The van der Waals surface area contributed by atoms with Crippen molar-refractivity contribution in [2.45, 2.75) is 25.4 Å². The number of amides is 1. The highest BCUT2D eigenvalue weighted by atomic mass is 35.5. The van der Waals surface area contributed by atoms with Crippen LogP contribution in [0.3, 0.4) is 0 Å². The number of aryl methyl sites for hydroxylation is 1. The van der Waals surface area contributed by atoms with Crippen LogP contribution in [0.15, 0.2) is 60.8 Å². The standard InChI is InChI=1S/C24H21ClF2N4O2/c25-17-6-4-16(5-7-17)21(14-32)30-23(33)10-9-22-29-20-2-1-11-28-24(20)31(22)13-15-3-8-18(26)19(27)12-15/h1-8,11-12,21,32H,9-10,13-14H2,(H,30,33). The van der Waals surface area contributed by atoms with Crippen molar-refractivity contribution >= 4 is 28.7 Å². The maximum atomic E-state index is 13.7. The minimum atomic E-state index is -0.928. The number of aliphatic hydroxyl groups is 1. The van der Waals surface area contributed by atoms with E-state index in [1.54, 1.807) is 47.2 Å². The first-order valence-electron chi connectivity index (χ1n) is 10.3. The molecule has 33 heavy (non-hydrogen) atoms. The summed E-state index contributed by atoms with van der Waals surface area (Å²) in [7, 11) is 0. The Balaban J connectivity index is 1.50. The van der Waals surface area contributed by atoms with Gasteiger partial charge in [0.05, 0.1) is 19.2 Å². The van der Waals surface area contributed by atoms with E-state index in [0.29, 0.717) is 34.0 Å². The van der Waals surface area contributed by atoms with Crippen LogP contribution < -0.4 is 5.32 Å². The zero-order valence-corrected chi connectivity index (χ0v) is 18.3. The number of hydrogen-bond acceptors (Lipinski definition) is 4. The Bertz CT molecular complexity index is 1280. The Labute approximate surface area is 193 Å². The van der Waals surface area contributed by atoms with Gasteiger partial charge in [-0.15, -0.1) is 0 Å². The van der Waals surface area contributed by atoms with Crippen LogP contribution in [0.25, 0.3) is 11.2 Å². The smallest absolute Gasteiger partial charge is 0.221 e. The number of carbonyl (C=O) groups excluding carboxylic acids is 1. The molecule has 2 aromatic carbocycles. The van der Waals surface area contributed by atoms with E-state index >= 15 is 0 Å². The summed E-state index contributed by atoms with van der Waals surface area (Å²) in [5.74, 6) is -1.51. The highest BCUT2D eigenvalue weighted by molar-refractivity contribution is 6.30. The van der Waals surface area contributed by atoms with Gasteiger partial charge in [0, 0.05) is 24.1 Å². The first-order valence-corrected chi connectivity index (χ1v) is 10.7. The number of imidazole rings is 1. The van der Waals surface area contributed by atoms with Crippen molar-refractivity contribution in [1.29, 1.82) is 0 Å². The number of rotatable bonds is 8. The second-order valence-electron chi connectivity index (χ2n) is 7.56. The van der Waals surface area contributed by atoms with Crippen molar-refractivity contribution in [3.05, 3.63) is 94.4 Å². The van der Waals surface area contributed by atoms with Crippen molar-refractivity contribution in [2.24, 2.45) is 0 Å². The van der Waals surface area contributed by atoms with E-state index in [4.69, 9.17) is 11.6 Å². The highest BCUT2D eigenvalue weighted by Gasteiger charge is 2.17. The topological polar surface area (TPSA) is 80.0 Å². The molecular formula is C24H21ClF2N4O2. The van der Waals surface area contributed by atoms with Crippen LogP contribution in [0.4, 0.5) is 8.78 Å². The number of nitrogens with one attached hydrogen (secondary N) is 1. The maximum Gasteiger partial charge on any atom is 0.221 e. The molecule has 1 amide bonds. The molecule has 0 fully saturated rings. The van der Waals surface area contributed by atoms with Gasteiger partial charge in [-0.05, 0) is 47.5 Å². The fourth-order valence-electron chi connectivity index (χ4n) is 3.60. The number of halogens is 3. The number of hydrogen-bond donors (Lipinski definition) is 2. The van der Waals surface area contributed by atoms with Crippen LogP contribution >= 0.6 is 11.6 Å². The molecule has 4 aromatic rings. The quantitative estimate of drug-likeness (QED) is 0.404. The molecule has 6 nitrogen and oxygen atoms in total. The van der Waals surface area contributed by atoms with Crippen LogP contribution in [-0.2, 0) is 17.8 Å². The molecule has 9 heteroatoms. The Hall–Kier alpha value is -3.36. The largest absolute Gasteiger partial charge is 0.394 e. The number of nitrogens with zero attached hydrogens (tertiary/aromatic N) is 3. The number of aromatic nitrogens is 3. The fraction of sp³-hybridized carbons (Fsp3) is 0.208. The Morgan fingerprint density at radius 3 is 2.64 bits per heavy atom. The lowest BCUT2D eigenvalue weighted by atomic mass is 10.1. The van der Waals surface area contributed by atoms with Crippen molar-refractivity contribution < 1.29 is 18.7 Å². The highest BCUT2D eigenvalue weighted by Crippen LogP contribution is 2.20. The normalized spacial score (nSPS) is 12.1. The van der Waals surface area contributed by atoms with Crippen LogP contribution in [-0.4, -0.2) is 32.2 Å². The van der Waals surface area contributed by atoms with Gasteiger partial charge < -0.3 is 15.0 Å². The average Bonchev–Trinajstić information content (AvgIpc) is 3.16. The Kier molecular flexibility index (Phi) is 6.96. The summed E-state index contributed by atoms with van der Waals surface area (Å²) in [5.41, 5.74) is 2.52. The predicted molar refractivity (Wildman–Crippen MR) is 121 cm³/mol. The van der Waals surface area contributed by atoms with Gasteiger partial charge in [-0.3, -0.25) is 4.79 Å². The van der Waals surface area contributed by atoms with Gasteiger partial charge in [-0.1, -0.05) is 29.8 Å². The first kappa shape index (κ1) is 22.8. The molecule has 0 bridgehead atoms. The van der Waals surface area contributed by atoms with Gasteiger partial charge in [0.1, 0.15) is 11.3 Å². The van der Waals surface area contributed by atoms with Crippen LogP contribution in [0.5, 0.6) is 0 Å². The first-order chi connectivity index (χ1) is 15.9. The zero-order valence-electron chi connectivity index (χ0n) is 17.5. The summed E-state index contributed by atoms with van der Waals surface area (Å²) >= 11 is 5.90. The molecule has 2 N–H and O–H groups in total. The maximum absolute atomic E-state index is 13.7. The average molecular weight is 471 g/mol. The third-order valence-electron chi connectivity index (χ3n) is 5.27. The molecule has 1 atom stereocenters. The van der Waals surface area contributed by atoms with E-state index in [-0.39, 0.29) is 25.5 Å². The molecule has 1 unspecified atom stereocenters. The molecule has 0 radical (unpaired) electrons. The van der Waals surface area contributed by atoms with Crippen molar-refractivity contribution in [2.75, 3.05) is 6.61 Å². The summed E-state index contributed by atoms with van der Waals surface area (Å²) in [6.45, 7) is -0.0301. The molecule has 2 aromatic heterocycles. The number of fused-ring (bicyclic) bond motifs is 1.